The van der Waals surface area contributed by atoms with Gasteiger partial charge in [0.25, 0.3) is 0 Å². The third-order valence-electron chi connectivity index (χ3n) is 8.92. The predicted octanol–water partition coefficient (Wildman–Crippen LogP) is 11.5. The molecule has 10 nitrogen and oxygen atoms in total. The molecule has 0 saturated heterocycles. The van der Waals surface area contributed by atoms with E-state index in [2.05, 4.69) is 12.1 Å². The standard InChI is InChI=1S/C48H32N2O8/c1-53-47(51)35-23-11-15-27-41(35)57-45-43(55-39-25-13-9-21-33(39)31-17-5-3-6-18-31)37(29-49)38(30-50)44(46(45)58-42-28-16-12-24-36(42)48(52)54-2)56-40-26-14-10-22-34(40)32-19-7-4-8-20-32/h3-28H,1-2H3. The molecule has 0 heterocycles. The molecule has 0 saturated carbocycles. The van der Waals surface area contributed by atoms with Gasteiger partial charge in [0.2, 0.25) is 11.5 Å². The average molecular weight is 765 g/mol. The molecule has 0 aromatic heterocycles. The number of esters is 2. The van der Waals surface area contributed by atoms with Crippen molar-refractivity contribution in [2.45, 2.75) is 0 Å². The van der Waals surface area contributed by atoms with Crippen molar-refractivity contribution in [3.05, 3.63) is 180 Å². The van der Waals surface area contributed by atoms with Crippen molar-refractivity contribution in [3.8, 4) is 80.4 Å². The summed E-state index contributed by atoms with van der Waals surface area (Å²) in [6.45, 7) is 0. The molecule has 0 atom stereocenters. The van der Waals surface area contributed by atoms with E-state index >= 15 is 0 Å². The van der Waals surface area contributed by atoms with Crippen LogP contribution in [0.15, 0.2) is 158 Å². The molecular weight excluding hydrogens is 733 g/mol. The first-order chi connectivity index (χ1) is 28.4. The maximum atomic E-state index is 13.1. The van der Waals surface area contributed by atoms with Crippen molar-refractivity contribution in [1.29, 1.82) is 10.5 Å². The summed E-state index contributed by atoms with van der Waals surface area (Å²) in [6, 6.07) is 50.0. The molecule has 0 fully saturated rings. The van der Waals surface area contributed by atoms with E-state index in [4.69, 9.17) is 28.4 Å². The highest BCUT2D eigenvalue weighted by atomic mass is 16.6. The lowest BCUT2D eigenvalue weighted by Gasteiger charge is -2.24. The average Bonchev–Trinajstić information content (AvgIpc) is 3.28. The molecule has 0 N–H and O–H groups in total. The molecule has 0 aliphatic rings. The van der Waals surface area contributed by atoms with Gasteiger partial charge in [-0.3, -0.25) is 0 Å². The minimum Gasteiger partial charge on any atom is -0.465 e. The van der Waals surface area contributed by atoms with Gasteiger partial charge >= 0.3 is 11.9 Å². The van der Waals surface area contributed by atoms with E-state index in [0.29, 0.717) is 22.6 Å². The van der Waals surface area contributed by atoms with Gasteiger partial charge in [-0.25, -0.2) is 9.59 Å². The van der Waals surface area contributed by atoms with Crippen LogP contribution >= 0.6 is 0 Å². The number of rotatable bonds is 12. The molecule has 58 heavy (non-hydrogen) atoms. The largest absolute Gasteiger partial charge is 0.465 e. The second-order valence-electron chi connectivity index (χ2n) is 12.4. The number of benzene rings is 7. The minimum atomic E-state index is -0.714. The molecule has 7 rings (SSSR count). The quantitative estimate of drug-likeness (QED) is 0.111. The minimum absolute atomic E-state index is 0.00844. The number of hydrogen-bond acceptors (Lipinski definition) is 10. The van der Waals surface area contributed by atoms with Crippen LogP contribution in [0.5, 0.6) is 46.0 Å². The van der Waals surface area contributed by atoms with Crippen molar-refractivity contribution in [2.24, 2.45) is 0 Å². The number of hydrogen-bond donors (Lipinski definition) is 0. The maximum Gasteiger partial charge on any atom is 0.341 e. The van der Waals surface area contributed by atoms with Gasteiger partial charge in [0.05, 0.1) is 14.2 Å². The van der Waals surface area contributed by atoms with Gasteiger partial charge in [-0.2, -0.15) is 10.5 Å². The fourth-order valence-corrected chi connectivity index (χ4v) is 6.19. The van der Waals surface area contributed by atoms with Crippen molar-refractivity contribution < 1.29 is 38.0 Å². The summed E-state index contributed by atoms with van der Waals surface area (Å²) in [5.74, 6) is -1.86. The predicted molar refractivity (Wildman–Crippen MR) is 215 cm³/mol. The summed E-state index contributed by atoms with van der Waals surface area (Å²) >= 11 is 0. The van der Waals surface area contributed by atoms with Crippen LogP contribution in [-0.2, 0) is 9.47 Å². The van der Waals surface area contributed by atoms with E-state index in [1.807, 2.05) is 84.9 Å². The molecule has 282 valence electrons. The zero-order valence-electron chi connectivity index (χ0n) is 31.2. The monoisotopic (exact) mass is 764 g/mol. The molecule has 0 aliphatic carbocycles. The number of nitrogens with zero attached hydrogens (tertiary/aromatic N) is 2. The molecule has 0 spiro atoms. The number of carbonyl (C=O) groups is 2. The van der Waals surface area contributed by atoms with E-state index < -0.39 is 11.9 Å². The second kappa shape index (κ2) is 17.4. The SMILES string of the molecule is COC(=O)c1ccccc1Oc1c(Oc2ccccc2-c2ccccc2)c(C#N)c(C#N)c(Oc2ccccc2-c2ccccc2)c1Oc1ccccc1C(=O)OC. The number of para-hydroxylation sites is 4. The van der Waals surface area contributed by atoms with E-state index in [0.717, 1.165) is 11.1 Å². The highest BCUT2D eigenvalue weighted by Gasteiger charge is 2.34. The Labute approximate surface area is 334 Å². The van der Waals surface area contributed by atoms with Crippen LogP contribution in [-0.4, -0.2) is 26.2 Å². The molecular formula is C48H32N2O8. The number of ether oxygens (including phenoxy) is 6. The molecule has 0 amide bonds. The summed E-state index contributed by atoms with van der Waals surface area (Å²) < 4.78 is 36.8. The lowest BCUT2D eigenvalue weighted by Crippen LogP contribution is -2.08. The van der Waals surface area contributed by atoms with E-state index in [9.17, 15) is 20.1 Å². The van der Waals surface area contributed by atoms with Gasteiger partial charge in [0.15, 0.2) is 11.5 Å². The topological polar surface area (TPSA) is 137 Å². The Kier molecular flexibility index (Phi) is 11.4. The van der Waals surface area contributed by atoms with Crippen molar-refractivity contribution in [1.82, 2.24) is 0 Å². The fourth-order valence-electron chi connectivity index (χ4n) is 6.19. The lowest BCUT2D eigenvalue weighted by molar-refractivity contribution is 0.0588. The van der Waals surface area contributed by atoms with Gasteiger partial charge < -0.3 is 28.4 Å². The Hall–Kier alpha value is -8.34. The molecule has 10 heteroatoms. The first-order valence-electron chi connectivity index (χ1n) is 17.8. The molecule has 0 bridgehead atoms. The van der Waals surface area contributed by atoms with E-state index in [1.165, 1.54) is 38.5 Å². The van der Waals surface area contributed by atoms with Gasteiger partial charge in [0.1, 0.15) is 57.4 Å². The third-order valence-corrected chi connectivity index (χ3v) is 8.92. The molecule has 0 radical (unpaired) electrons. The lowest BCUT2D eigenvalue weighted by atomic mass is 10.0. The van der Waals surface area contributed by atoms with E-state index in [1.54, 1.807) is 48.5 Å². The first kappa shape index (κ1) is 38.0. The molecule has 0 aliphatic heterocycles. The van der Waals surface area contributed by atoms with Gasteiger partial charge in [-0.05, 0) is 47.5 Å². The van der Waals surface area contributed by atoms with Gasteiger partial charge in [0, 0.05) is 11.1 Å². The first-order valence-corrected chi connectivity index (χ1v) is 17.8. The van der Waals surface area contributed by atoms with Crippen molar-refractivity contribution in [3.63, 3.8) is 0 Å². The molecule has 0 unspecified atom stereocenters. The highest BCUT2D eigenvalue weighted by molar-refractivity contribution is 5.93. The van der Waals surface area contributed by atoms with Crippen LogP contribution in [0.1, 0.15) is 31.8 Å². The summed E-state index contributed by atoms with van der Waals surface area (Å²) in [5.41, 5.74) is 2.44. The van der Waals surface area contributed by atoms with Crippen LogP contribution in [0.2, 0.25) is 0 Å². The van der Waals surface area contributed by atoms with Crippen LogP contribution in [0.3, 0.4) is 0 Å². The molecule has 7 aromatic rings. The Morgan fingerprint density at radius 1 is 0.397 bits per heavy atom. The van der Waals surface area contributed by atoms with Crippen LogP contribution in [0.25, 0.3) is 22.3 Å². The van der Waals surface area contributed by atoms with Crippen molar-refractivity contribution in [2.75, 3.05) is 14.2 Å². The van der Waals surface area contributed by atoms with Crippen LogP contribution in [0.4, 0.5) is 0 Å². The number of carbonyl (C=O) groups excluding carboxylic acids is 2. The highest BCUT2D eigenvalue weighted by Crippen LogP contribution is 2.56. The zero-order chi connectivity index (χ0) is 40.4. The molecule has 7 aromatic carbocycles. The fraction of sp³-hybridized carbons (Fsp3) is 0.0417. The van der Waals surface area contributed by atoms with Gasteiger partial charge in [-0.15, -0.1) is 0 Å². The Bertz CT molecular complexity index is 2530. The Balaban J connectivity index is 1.57. The van der Waals surface area contributed by atoms with Crippen molar-refractivity contribution >= 4 is 11.9 Å². The number of methoxy groups -OCH3 is 2. The summed E-state index contributed by atoms with van der Waals surface area (Å²) in [7, 11) is 2.47. The Morgan fingerprint density at radius 3 is 1.07 bits per heavy atom. The van der Waals surface area contributed by atoms with Gasteiger partial charge in [-0.1, -0.05) is 121 Å². The maximum absolute atomic E-state index is 13.1. The van der Waals surface area contributed by atoms with Crippen LogP contribution < -0.4 is 18.9 Å². The van der Waals surface area contributed by atoms with E-state index in [-0.39, 0.29) is 56.8 Å². The summed E-state index contributed by atoms with van der Waals surface area (Å²) in [6.07, 6.45) is 0. The third kappa shape index (κ3) is 7.76. The summed E-state index contributed by atoms with van der Waals surface area (Å²) in [5, 5.41) is 21.9. The number of nitriles is 2. The summed E-state index contributed by atoms with van der Waals surface area (Å²) in [4.78, 5) is 26.2. The second-order valence-corrected chi connectivity index (χ2v) is 12.4. The normalized spacial score (nSPS) is 10.3. The van der Waals surface area contributed by atoms with Crippen LogP contribution in [0, 0.1) is 22.7 Å². The zero-order valence-corrected chi connectivity index (χ0v) is 31.2. The smallest absolute Gasteiger partial charge is 0.341 e. The Morgan fingerprint density at radius 2 is 0.707 bits per heavy atom.